The summed E-state index contributed by atoms with van der Waals surface area (Å²) >= 11 is 8.74. The Bertz CT molecular complexity index is 5180. The van der Waals surface area contributed by atoms with E-state index in [-0.39, 0.29) is 7.43 Å². The van der Waals surface area contributed by atoms with Gasteiger partial charge >= 0.3 is 0 Å². The third-order valence-electron chi connectivity index (χ3n) is 17.0. The van der Waals surface area contributed by atoms with Crippen molar-refractivity contribution in [3.8, 4) is 50.8 Å². The van der Waals surface area contributed by atoms with Crippen LogP contribution in [0.4, 0.5) is 11.4 Å². The topological polar surface area (TPSA) is 187 Å². The molecule has 0 aliphatic rings. The third kappa shape index (κ3) is 17.4. The van der Waals surface area contributed by atoms with Crippen molar-refractivity contribution in [2.75, 3.05) is 21.2 Å². The zero-order valence-electron chi connectivity index (χ0n) is 59.2. The number of nitrogens with two attached hydrogens (primary N) is 1. The number of halogens is 2. The average Bonchev–Trinajstić information content (AvgIpc) is 1.61. The van der Waals surface area contributed by atoms with Gasteiger partial charge in [0.05, 0.1) is 33.5 Å². The maximum Gasteiger partial charge on any atom is 0.119 e. The van der Waals surface area contributed by atoms with Crippen LogP contribution in [0.5, 0.6) is 0 Å². The Morgan fingerprint density at radius 1 is 0.461 bits per heavy atom. The van der Waals surface area contributed by atoms with Crippen molar-refractivity contribution in [1.29, 1.82) is 0 Å². The third-order valence-corrected chi connectivity index (χ3v) is 18.4. The molecule has 15 rings (SSSR count). The number of hydrogen-bond acceptors (Lipinski definition) is 12. The second-order valence-corrected chi connectivity index (χ2v) is 26.3. The molecule has 0 bridgehead atoms. The molecule has 9 heterocycles. The van der Waals surface area contributed by atoms with Crippen LogP contribution in [0.3, 0.4) is 0 Å². The Balaban J connectivity index is 0.000000153. The van der Waals surface area contributed by atoms with Gasteiger partial charge in [0.15, 0.2) is 0 Å². The SMILES string of the molecule is C.CCCI.CCCN(Cc1ccccc1)c1cc(C)nc2c(-c3ccc(-n4cccn4)cc3C)nn(C)c12.Cc1cc(Cl)c2c(n1)c(-c1ccc(-n3cccn3)cc1C)nn2C.Cc1cc(NCc2ccccc2)c2c(n1)c(-c1ccc(-n3cccn3)cc1C)nn2C.NCc1ccccc1. The molecule has 0 unspecified atom stereocenters. The Kier molecular flexibility index (Phi) is 25.2. The van der Waals surface area contributed by atoms with Gasteiger partial charge < -0.3 is 16.0 Å². The van der Waals surface area contributed by atoms with Gasteiger partial charge in [-0.2, -0.15) is 30.6 Å². The molecule has 0 saturated heterocycles. The van der Waals surface area contributed by atoms with E-state index in [0.29, 0.717) is 11.6 Å². The molecule has 0 aliphatic carbocycles. The minimum atomic E-state index is 0. The lowest BCUT2D eigenvalue weighted by Gasteiger charge is -2.26. The van der Waals surface area contributed by atoms with Crippen LogP contribution >= 0.6 is 34.2 Å². The number of alkyl halides is 1. The normalized spacial score (nSPS) is 10.8. The van der Waals surface area contributed by atoms with Gasteiger partial charge in [0.2, 0.25) is 0 Å². The summed E-state index contributed by atoms with van der Waals surface area (Å²) in [6, 6.07) is 61.8. The summed E-state index contributed by atoms with van der Waals surface area (Å²) in [6.07, 6.45) is 13.5. The fraction of sp³-hybridized carbons (Fsp3) is 0.232. The van der Waals surface area contributed by atoms with E-state index < -0.39 is 0 Å². The molecular weight excluding hydrogens is 1400 g/mol. The molecule has 0 amide bonds. The van der Waals surface area contributed by atoms with Crippen molar-refractivity contribution >= 4 is 78.7 Å². The average molecular weight is 1490 g/mol. The highest BCUT2D eigenvalue weighted by Crippen LogP contribution is 2.38. The van der Waals surface area contributed by atoms with E-state index in [9.17, 15) is 0 Å². The molecule has 0 atom stereocenters. The number of rotatable bonds is 16. The van der Waals surface area contributed by atoms with Gasteiger partial charge in [-0.25, -0.2) is 29.0 Å². The van der Waals surface area contributed by atoms with Crippen molar-refractivity contribution < 1.29 is 0 Å². The van der Waals surface area contributed by atoms with Gasteiger partial charge in [0.1, 0.15) is 50.2 Å². The maximum atomic E-state index is 6.39. The van der Waals surface area contributed by atoms with E-state index in [0.717, 1.165) is 149 Å². The fourth-order valence-electron chi connectivity index (χ4n) is 12.3. The van der Waals surface area contributed by atoms with Gasteiger partial charge in [-0.1, -0.05) is 165 Å². The summed E-state index contributed by atoms with van der Waals surface area (Å²) in [5.74, 6) is 0. The summed E-state index contributed by atoms with van der Waals surface area (Å²) < 4.78 is 12.6. The van der Waals surface area contributed by atoms with Crippen LogP contribution in [0, 0.1) is 41.5 Å². The first-order chi connectivity index (χ1) is 49.0. The van der Waals surface area contributed by atoms with Gasteiger partial charge in [0, 0.05) is 118 Å². The van der Waals surface area contributed by atoms with Crippen LogP contribution in [0.1, 0.15) is 84.6 Å². The summed E-state index contributed by atoms with van der Waals surface area (Å²) in [5, 5.41) is 31.7. The molecule has 15 aromatic rings. The van der Waals surface area contributed by atoms with E-state index >= 15 is 0 Å². The molecule has 9 aromatic heterocycles. The zero-order chi connectivity index (χ0) is 71.1. The van der Waals surface area contributed by atoms with E-state index in [1.54, 1.807) is 23.3 Å². The van der Waals surface area contributed by atoms with Crippen LogP contribution in [0.2, 0.25) is 5.02 Å². The first-order valence-corrected chi connectivity index (χ1v) is 35.8. The van der Waals surface area contributed by atoms with Crippen molar-refractivity contribution in [1.82, 2.24) is 73.6 Å². The lowest BCUT2D eigenvalue weighted by atomic mass is 10.0. The number of anilines is 2. The summed E-state index contributed by atoms with van der Waals surface area (Å²) in [4.78, 5) is 16.9. The van der Waals surface area contributed by atoms with Crippen LogP contribution in [0.25, 0.3) is 83.9 Å². The number of pyridine rings is 3. The highest BCUT2D eigenvalue weighted by molar-refractivity contribution is 14.1. The Labute approximate surface area is 617 Å². The first kappa shape index (κ1) is 74.1. The predicted molar refractivity (Wildman–Crippen MR) is 428 cm³/mol. The first-order valence-electron chi connectivity index (χ1n) is 33.9. The second-order valence-electron chi connectivity index (χ2n) is 24.8. The molecule has 6 aromatic carbocycles. The Morgan fingerprint density at radius 3 is 1.25 bits per heavy atom. The van der Waals surface area contributed by atoms with Gasteiger partial charge in [-0.3, -0.25) is 14.0 Å². The lowest BCUT2D eigenvalue weighted by Crippen LogP contribution is -2.24. The Hall–Kier alpha value is -10.6. The molecule has 3 N–H and O–H groups in total. The van der Waals surface area contributed by atoms with Crippen LogP contribution < -0.4 is 16.0 Å². The van der Waals surface area contributed by atoms with Crippen molar-refractivity contribution in [2.45, 2.75) is 95.3 Å². The monoisotopic (exact) mass is 1490 g/mol. The Morgan fingerprint density at radius 2 is 0.853 bits per heavy atom. The van der Waals surface area contributed by atoms with Crippen molar-refractivity contribution in [3.63, 3.8) is 0 Å². The summed E-state index contributed by atoms with van der Waals surface area (Å²) in [6.45, 7) is 19.9. The smallest absolute Gasteiger partial charge is 0.119 e. The highest BCUT2D eigenvalue weighted by atomic mass is 127. The minimum Gasteiger partial charge on any atom is -0.379 e. The molecule has 0 spiro atoms. The van der Waals surface area contributed by atoms with Crippen molar-refractivity contribution in [3.05, 3.63) is 275 Å². The minimum absolute atomic E-state index is 0. The molecular formula is C82H90ClIN18. The maximum absolute atomic E-state index is 6.39. The van der Waals surface area contributed by atoms with Crippen molar-refractivity contribution in [2.24, 2.45) is 26.9 Å². The molecule has 102 heavy (non-hydrogen) atoms. The van der Waals surface area contributed by atoms with E-state index in [2.05, 4.69) is 215 Å². The largest absolute Gasteiger partial charge is 0.379 e. The number of fused-ring (bicyclic) bond motifs is 3. The molecule has 20 heteroatoms. The molecule has 18 nitrogen and oxygen atoms in total. The number of aromatic nitrogens is 15. The highest BCUT2D eigenvalue weighted by Gasteiger charge is 2.23. The lowest BCUT2D eigenvalue weighted by molar-refractivity contribution is 0.756. The van der Waals surface area contributed by atoms with Crippen LogP contribution in [0.15, 0.2) is 219 Å². The molecule has 0 radical (unpaired) electrons. The number of benzene rings is 6. The summed E-state index contributed by atoms with van der Waals surface area (Å²) in [7, 11) is 5.89. The van der Waals surface area contributed by atoms with E-state index in [4.69, 9.17) is 37.5 Å². The molecule has 522 valence electrons. The number of hydrogen-bond donors (Lipinski definition) is 2. The number of aryl methyl sites for hydroxylation is 9. The van der Waals surface area contributed by atoms with E-state index in [1.807, 2.05) is 144 Å². The zero-order valence-corrected chi connectivity index (χ0v) is 62.1. The summed E-state index contributed by atoms with van der Waals surface area (Å²) in [5.41, 5.74) is 32.1. The van der Waals surface area contributed by atoms with Gasteiger partial charge in [0.25, 0.3) is 0 Å². The predicted octanol–water partition coefficient (Wildman–Crippen LogP) is 18.6. The van der Waals surface area contributed by atoms with Gasteiger partial charge in [-0.05, 0) is 165 Å². The van der Waals surface area contributed by atoms with Crippen LogP contribution in [-0.4, -0.2) is 84.6 Å². The fourth-order valence-corrected chi connectivity index (χ4v) is 12.6. The number of nitrogens with one attached hydrogen (secondary N) is 1. The van der Waals surface area contributed by atoms with Crippen LogP contribution in [-0.2, 0) is 40.8 Å². The second kappa shape index (κ2) is 34.6. The standard InChI is InChI=1S/C28H30N6.C25H24N6.C18H16ClN5.C7H9N.C3H7I.CH4/c1-5-15-33(19-22-10-7-6-8-11-22)25-18-21(3)30-27-26(31-32(4)28(25)27)24-13-12-23(17-20(24)2)34-16-9-14-29-34;1-17-14-20(31-13-7-12-27-31)10-11-21(17)23-24-25(30(3)29-23)22(15-18(2)28-24)26-16-19-8-5-4-6-9-19;1-11-9-13(24-8-4-7-20-24)5-6-14(11)16-17-18(23(3)22-16)15(19)10-12(2)21-17;8-6-7-4-2-1-3-5-7;1-2-3-4;/h6-14,16-18H,5,15,19H2,1-4H3;4-15H,16H2,1-3H3,(H,26,28);4-10H,1-3H3;1-5H,6,8H2;2-3H2,1H3;1H4. The number of nitrogens with zero attached hydrogens (tertiary/aromatic N) is 16. The van der Waals surface area contributed by atoms with Gasteiger partial charge in [-0.15, -0.1) is 0 Å². The molecule has 0 aliphatic heterocycles. The molecule has 0 saturated carbocycles. The van der Waals surface area contributed by atoms with E-state index in [1.165, 1.54) is 33.2 Å². The quantitative estimate of drug-likeness (QED) is 0.0689. The molecule has 0 fully saturated rings.